The van der Waals surface area contributed by atoms with E-state index < -0.39 is 0 Å². The maximum atomic E-state index is 5.73. The van der Waals surface area contributed by atoms with Crippen molar-refractivity contribution in [3.8, 4) is 0 Å². The van der Waals surface area contributed by atoms with Gasteiger partial charge in [0.1, 0.15) is 11.6 Å². The molecule has 18 heavy (non-hydrogen) atoms. The summed E-state index contributed by atoms with van der Waals surface area (Å²) in [6.07, 6.45) is 5.83. The SMILES string of the molecule is CCc1cc(N2CCCCC2CCN)nc(C)n1. The average Bonchev–Trinajstić information content (AvgIpc) is 2.39. The molecule has 1 aliphatic heterocycles. The Morgan fingerprint density at radius 2 is 2.22 bits per heavy atom. The molecule has 1 aliphatic rings. The lowest BCUT2D eigenvalue weighted by atomic mass is 9.99. The van der Waals surface area contributed by atoms with Crippen LogP contribution in [0.5, 0.6) is 0 Å². The van der Waals surface area contributed by atoms with Crippen LogP contribution < -0.4 is 10.6 Å². The quantitative estimate of drug-likeness (QED) is 0.886. The second-order valence-corrected chi connectivity index (χ2v) is 5.04. The Labute approximate surface area is 110 Å². The van der Waals surface area contributed by atoms with Gasteiger partial charge >= 0.3 is 0 Å². The van der Waals surface area contributed by atoms with E-state index >= 15 is 0 Å². The number of nitrogens with two attached hydrogens (primary N) is 1. The molecule has 4 heteroatoms. The van der Waals surface area contributed by atoms with Crippen LogP contribution in [0.25, 0.3) is 0 Å². The maximum absolute atomic E-state index is 5.73. The first-order valence-corrected chi connectivity index (χ1v) is 7.06. The molecule has 0 saturated carbocycles. The van der Waals surface area contributed by atoms with Crippen molar-refractivity contribution in [1.29, 1.82) is 0 Å². The molecule has 1 aromatic heterocycles. The third kappa shape index (κ3) is 2.99. The second kappa shape index (κ2) is 6.14. The molecule has 2 N–H and O–H groups in total. The first-order chi connectivity index (χ1) is 8.74. The topological polar surface area (TPSA) is 55.0 Å². The van der Waals surface area contributed by atoms with E-state index in [9.17, 15) is 0 Å². The molecule has 1 unspecified atom stereocenters. The summed E-state index contributed by atoms with van der Waals surface area (Å²) in [6.45, 7) is 5.97. The Balaban J connectivity index is 2.24. The molecule has 4 nitrogen and oxygen atoms in total. The molecule has 0 aliphatic carbocycles. The number of piperidine rings is 1. The smallest absolute Gasteiger partial charge is 0.132 e. The molecular formula is C14H24N4. The first-order valence-electron chi connectivity index (χ1n) is 7.06. The van der Waals surface area contributed by atoms with Gasteiger partial charge in [-0.25, -0.2) is 9.97 Å². The second-order valence-electron chi connectivity index (χ2n) is 5.04. The summed E-state index contributed by atoms with van der Waals surface area (Å²) < 4.78 is 0. The van der Waals surface area contributed by atoms with Crippen LogP contribution in [0.15, 0.2) is 6.07 Å². The van der Waals surface area contributed by atoms with Crippen LogP contribution in [0.3, 0.4) is 0 Å². The minimum atomic E-state index is 0.558. The highest BCUT2D eigenvalue weighted by Crippen LogP contribution is 2.25. The van der Waals surface area contributed by atoms with Gasteiger partial charge in [-0.3, -0.25) is 0 Å². The van der Waals surface area contributed by atoms with Gasteiger partial charge in [-0.05, 0) is 45.6 Å². The van der Waals surface area contributed by atoms with Gasteiger partial charge in [0.15, 0.2) is 0 Å². The lowest BCUT2D eigenvalue weighted by Crippen LogP contribution is -2.41. The summed E-state index contributed by atoms with van der Waals surface area (Å²) in [5, 5.41) is 0. The highest BCUT2D eigenvalue weighted by molar-refractivity contribution is 5.41. The lowest BCUT2D eigenvalue weighted by molar-refractivity contribution is 0.438. The van der Waals surface area contributed by atoms with Crippen LogP contribution in [0.4, 0.5) is 5.82 Å². The van der Waals surface area contributed by atoms with Gasteiger partial charge in [0.25, 0.3) is 0 Å². The van der Waals surface area contributed by atoms with Gasteiger partial charge in [-0.1, -0.05) is 6.92 Å². The van der Waals surface area contributed by atoms with Crippen molar-refractivity contribution in [3.63, 3.8) is 0 Å². The number of aromatic nitrogens is 2. The van der Waals surface area contributed by atoms with Crippen molar-refractivity contribution >= 4 is 5.82 Å². The van der Waals surface area contributed by atoms with E-state index in [4.69, 9.17) is 5.73 Å². The fraction of sp³-hybridized carbons (Fsp3) is 0.714. The van der Waals surface area contributed by atoms with Gasteiger partial charge < -0.3 is 10.6 Å². The van der Waals surface area contributed by atoms with Crippen LogP contribution in [0.2, 0.25) is 0 Å². The molecule has 1 aromatic rings. The number of aryl methyl sites for hydroxylation is 2. The third-order valence-corrected chi connectivity index (χ3v) is 3.66. The molecule has 1 fully saturated rings. The summed E-state index contributed by atoms with van der Waals surface area (Å²) in [6, 6.07) is 2.70. The predicted molar refractivity (Wildman–Crippen MR) is 74.8 cm³/mol. The first kappa shape index (κ1) is 13.3. The van der Waals surface area contributed by atoms with Crippen LogP contribution in [-0.2, 0) is 6.42 Å². The molecule has 0 bridgehead atoms. The largest absolute Gasteiger partial charge is 0.353 e. The summed E-state index contributed by atoms with van der Waals surface area (Å²) in [4.78, 5) is 11.5. The van der Waals surface area contributed by atoms with Crippen LogP contribution in [0.1, 0.15) is 44.1 Å². The van der Waals surface area contributed by atoms with Gasteiger partial charge in [-0.2, -0.15) is 0 Å². The Hall–Kier alpha value is -1.16. The fourth-order valence-corrected chi connectivity index (χ4v) is 2.74. The normalized spacial score (nSPS) is 20.2. The Morgan fingerprint density at radius 3 is 2.94 bits per heavy atom. The number of nitrogens with zero attached hydrogens (tertiary/aromatic N) is 3. The Kier molecular flexibility index (Phi) is 4.53. The van der Waals surface area contributed by atoms with E-state index in [1.54, 1.807) is 0 Å². The fourth-order valence-electron chi connectivity index (χ4n) is 2.74. The predicted octanol–water partition coefficient (Wildman–Crippen LogP) is 2.06. The monoisotopic (exact) mass is 248 g/mol. The summed E-state index contributed by atoms with van der Waals surface area (Å²) in [5.74, 6) is 1.97. The molecule has 100 valence electrons. The zero-order chi connectivity index (χ0) is 13.0. The van der Waals surface area contributed by atoms with E-state index in [1.807, 2.05) is 6.92 Å². The van der Waals surface area contributed by atoms with Crippen LogP contribution in [0, 0.1) is 6.92 Å². The maximum Gasteiger partial charge on any atom is 0.132 e. The van der Waals surface area contributed by atoms with Crippen molar-refractivity contribution in [2.24, 2.45) is 5.73 Å². The molecular weight excluding hydrogens is 224 g/mol. The highest BCUT2D eigenvalue weighted by Gasteiger charge is 2.23. The molecule has 1 atom stereocenters. The number of rotatable bonds is 4. The minimum absolute atomic E-state index is 0.558. The van der Waals surface area contributed by atoms with Crippen LogP contribution in [-0.4, -0.2) is 29.1 Å². The minimum Gasteiger partial charge on any atom is -0.353 e. The van der Waals surface area contributed by atoms with E-state index in [0.29, 0.717) is 6.04 Å². The average molecular weight is 248 g/mol. The third-order valence-electron chi connectivity index (χ3n) is 3.66. The highest BCUT2D eigenvalue weighted by atomic mass is 15.2. The molecule has 0 spiro atoms. The number of anilines is 1. The van der Waals surface area contributed by atoms with Gasteiger partial charge in [0, 0.05) is 24.3 Å². The zero-order valence-electron chi connectivity index (χ0n) is 11.5. The molecule has 1 saturated heterocycles. The molecule has 0 amide bonds. The van der Waals surface area contributed by atoms with Gasteiger partial charge in [0.05, 0.1) is 0 Å². The molecule has 0 radical (unpaired) electrons. The van der Waals surface area contributed by atoms with Crippen molar-refractivity contribution < 1.29 is 0 Å². The Bertz CT molecular complexity index is 389. The van der Waals surface area contributed by atoms with E-state index in [1.165, 1.54) is 19.3 Å². The standard InChI is InChI=1S/C14H24N4/c1-3-12-10-14(17-11(2)16-12)18-9-5-4-6-13(18)7-8-15/h10,13H,3-9,15H2,1-2H3. The van der Waals surface area contributed by atoms with Gasteiger partial charge in [0.2, 0.25) is 0 Å². The summed E-state index contributed by atoms with van der Waals surface area (Å²) in [5.41, 5.74) is 6.86. The number of hydrogen-bond donors (Lipinski definition) is 1. The van der Waals surface area contributed by atoms with Gasteiger partial charge in [-0.15, -0.1) is 0 Å². The van der Waals surface area contributed by atoms with E-state index in [2.05, 4.69) is 27.9 Å². The van der Waals surface area contributed by atoms with E-state index in [0.717, 1.165) is 43.3 Å². The lowest BCUT2D eigenvalue weighted by Gasteiger charge is -2.36. The molecule has 2 rings (SSSR count). The molecule has 2 heterocycles. The van der Waals surface area contributed by atoms with E-state index in [-0.39, 0.29) is 0 Å². The van der Waals surface area contributed by atoms with Crippen LogP contribution >= 0.6 is 0 Å². The van der Waals surface area contributed by atoms with Crippen molar-refractivity contribution in [2.45, 2.75) is 52.0 Å². The molecule has 0 aromatic carbocycles. The zero-order valence-corrected chi connectivity index (χ0v) is 11.5. The summed E-state index contributed by atoms with van der Waals surface area (Å²) >= 11 is 0. The van der Waals surface area contributed by atoms with Crippen molar-refractivity contribution in [2.75, 3.05) is 18.0 Å². The summed E-state index contributed by atoms with van der Waals surface area (Å²) in [7, 11) is 0. The van der Waals surface area contributed by atoms with Crippen molar-refractivity contribution in [1.82, 2.24) is 9.97 Å². The number of hydrogen-bond acceptors (Lipinski definition) is 4. The Morgan fingerprint density at radius 1 is 1.39 bits per heavy atom. The van der Waals surface area contributed by atoms with Crippen molar-refractivity contribution in [3.05, 3.63) is 17.6 Å².